The Balaban J connectivity index is 1.79. The molecule has 1 atom stereocenters. The van der Waals surface area contributed by atoms with E-state index in [2.05, 4.69) is 0 Å². The van der Waals surface area contributed by atoms with Gasteiger partial charge in [-0.2, -0.15) is 0 Å². The Bertz CT molecular complexity index is 788. The fourth-order valence-corrected chi connectivity index (χ4v) is 4.96. The topological polar surface area (TPSA) is 54.5 Å². The lowest BCUT2D eigenvalue weighted by atomic mass is 10.1. The molecule has 3 rings (SSSR count). The molecule has 2 aromatic carbocycles. The van der Waals surface area contributed by atoms with Crippen molar-refractivity contribution >= 4 is 15.7 Å². The molecule has 2 aromatic rings. The molecule has 5 heteroatoms. The van der Waals surface area contributed by atoms with Crippen LogP contribution in [0.4, 0.5) is 0 Å². The zero-order valence-corrected chi connectivity index (χ0v) is 14.3. The maximum atomic E-state index is 12.9. The van der Waals surface area contributed by atoms with Crippen molar-refractivity contribution < 1.29 is 13.2 Å². The lowest BCUT2D eigenvalue weighted by Crippen LogP contribution is -2.35. The number of hydrogen-bond acceptors (Lipinski definition) is 3. The standard InChI is InChI=1S/C19H21NO3S/c21-19(18-9-5-2-6-10-18)20(13-16-7-3-1-4-8-16)14-17-11-12-24(22,23)15-17/h1-10,17H,11-15H2. The Kier molecular flexibility index (Phi) is 5.00. The first-order valence-corrected chi connectivity index (χ1v) is 9.94. The van der Waals surface area contributed by atoms with Gasteiger partial charge in [-0.05, 0) is 30.0 Å². The van der Waals surface area contributed by atoms with E-state index < -0.39 is 9.84 Å². The van der Waals surface area contributed by atoms with Crippen LogP contribution in [0.3, 0.4) is 0 Å². The van der Waals surface area contributed by atoms with Crippen LogP contribution in [0.25, 0.3) is 0 Å². The van der Waals surface area contributed by atoms with E-state index in [0.29, 0.717) is 25.1 Å². The van der Waals surface area contributed by atoms with Crippen molar-refractivity contribution in [2.45, 2.75) is 13.0 Å². The minimum atomic E-state index is -2.94. The predicted octanol–water partition coefficient (Wildman–Crippen LogP) is 2.76. The highest BCUT2D eigenvalue weighted by Crippen LogP contribution is 2.21. The molecule has 1 heterocycles. The van der Waals surface area contributed by atoms with Gasteiger partial charge in [-0.3, -0.25) is 4.79 Å². The van der Waals surface area contributed by atoms with Crippen LogP contribution in [0.5, 0.6) is 0 Å². The van der Waals surface area contributed by atoms with Crippen molar-refractivity contribution in [1.29, 1.82) is 0 Å². The quantitative estimate of drug-likeness (QED) is 0.839. The lowest BCUT2D eigenvalue weighted by molar-refractivity contribution is 0.0720. The number of hydrogen-bond donors (Lipinski definition) is 0. The van der Waals surface area contributed by atoms with E-state index in [1.165, 1.54) is 0 Å². The monoisotopic (exact) mass is 343 g/mol. The Hall–Kier alpha value is -2.14. The van der Waals surface area contributed by atoms with Gasteiger partial charge in [0, 0.05) is 18.7 Å². The van der Waals surface area contributed by atoms with Crippen molar-refractivity contribution in [2.75, 3.05) is 18.1 Å². The Morgan fingerprint density at radius 3 is 2.21 bits per heavy atom. The van der Waals surface area contributed by atoms with E-state index in [4.69, 9.17) is 0 Å². The highest BCUT2D eigenvalue weighted by molar-refractivity contribution is 7.91. The zero-order chi connectivity index (χ0) is 17.0. The predicted molar refractivity (Wildman–Crippen MR) is 94.4 cm³/mol. The van der Waals surface area contributed by atoms with Crippen molar-refractivity contribution in [3.63, 3.8) is 0 Å². The Morgan fingerprint density at radius 2 is 1.62 bits per heavy atom. The fraction of sp³-hybridized carbons (Fsp3) is 0.316. The maximum Gasteiger partial charge on any atom is 0.254 e. The van der Waals surface area contributed by atoms with Crippen LogP contribution >= 0.6 is 0 Å². The van der Waals surface area contributed by atoms with Crippen LogP contribution < -0.4 is 0 Å². The van der Waals surface area contributed by atoms with Crippen LogP contribution in [-0.4, -0.2) is 37.3 Å². The number of sulfone groups is 1. The summed E-state index contributed by atoms with van der Waals surface area (Å²) in [6.45, 7) is 0.965. The molecule has 0 radical (unpaired) electrons. The number of carbonyl (C=O) groups excluding carboxylic acids is 1. The van der Waals surface area contributed by atoms with Gasteiger partial charge < -0.3 is 4.90 Å². The van der Waals surface area contributed by atoms with E-state index in [9.17, 15) is 13.2 Å². The third-order valence-corrected chi connectivity index (χ3v) is 6.17. The molecule has 1 unspecified atom stereocenters. The van der Waals surface area contributed by atoms with Crippen molar-refractivity contribution in [3.8, 4) is 0 Å². The van der Waals surface area contributed by atoms with Crippen LogP contribution in [0.1, 0.15) is 22.3 Å². The van der Waals surface area contributed by atoms with Gasteiger partial charge in [0.1, 0.15) is 0 Å². The zero-order valence-electron chi connectivity index (χ0n) is 13.5. The third-order valence-electron chi connectivity index (χ3n) is 4.33. The summed E-state index contributed by atoms with van der Waals surface area (Å²) < 4.78 is 23.4. The van der Waals surface area contributed by atoms with Gasteiger partial charge in [-0.1, -0.05) is 48.5 Å². The number of benzene rings is 2. The highest BCUT2D eigenvalue weighted by Gasteiger charge is 2.30. The molecule has 0 bridgehead atoms. The molecule has 1 saturated heterocycles. The second kappa shape index (κ2) is 7.18. The minimum absolute atomic E-state index is 0.0198. The smallest absolute Gasteiger partial charge is 0.254 e. The fourth-order valence-electron chi connectivity index (χ4n) is 3.11. The van der Waals surface area contributed by atoms with Crippen LogP contribution in [0, 0.1) is 5.92 Å². The van der Waals surface area contributed by atoms with Gasteiger partial charge in [0.25, 0.3) is 5.91 Å². The summed E-state index contributed by atoms with van der Waals surface area (Å²) in [5.41, 5.74) is 1.68. The molecule has 1 fully saturated rings. The van der Waals surface area contributed by atoms with Crippen LogP contribution in [0.15, 0.2) is 60.7 Å². The van der Waals surface area contributed by atoms with Gasteiger partial charge in [-0.25, -0.2) is 8.42 Å². The Labute approximate surface area is 143 Å². The summed E-state index contributed by atoms with van der Waals surface area (Å²) in [4.78, 5) is 14.6. The molecule has 0 spiro atoms. The van der Waals surface area contributed by atoms with Crippen molar-refractivity contribution in [1.82, 2.24) is 4.90 Å². The van der Waals surface area contributed by atoms with Gasteiger partial charge in [0.15, 0.2) is 9.84 Å². The first-order chi connectivity index (χ1) is 11.5. The molecule has 0 aromatic heterocycles. The summed E-state index contributed by atoms with van der Waals surface area (Å²) >= 11 is 0. The summed E-state index contributed by atoms with van der Waals surface area (Å²) in [5.74, 6) is 0.381. The van der Waals surface area contributed by atoms with E-state index >= 15 is 0 Å². The minimum Gasteiger partial charge on any atom is -0.334 e. The molecule has 0 N–H and O–H groups in total. The van der Waals surface area contributed by atoms with E-state index in [1.54, 1.807) is 17.0 Å². The number of amides is 1. The van der Waals surface area contributed by atoms with Crippen molar-refractivity contribution in [3.05, 3.63) is 71.8 Å². The SMILES string of the molecule is O=C(c1ccccc1)N(Cc1ccccc1)CC1CCS(=O)(=O)C1. The largest absolute Gasteiger partial charge is 0.334 e. The van der Waals surface area contributed by atoms with E-state index in [0.717, 1.165) is 5.56 Å². The molecule has 4 nitrogen and oxygen atoms in total. The molecule has 1 aliphatic rings. The second-order valence-electron chi connectivity index (χ2n) is 6.31. The summed E-state index contributed by atoms with van der Waals surface area (Å²) in [6.07, 6.45) is 0.635. The van der Waals surface area contributed by atoms with Gasteiger partial charge in [0.2, 0.25) is 0 Å². The van der Waals surface area contributed by atoms with Gasteiger partial charge in [0.05, 0.1) is 11.5 Å². The molecule has 24 heavy (non-hydrogen) atoms. The summed E-state index contributed by atoms with van der Waals surface area (Å²) in [5, 5.41) is 0. The van der Waals surface area contributed by atoms with Gasteiger partial charge in [-0.15, -0.1) is 0 Å². The molecular formula is C19H21NO3S. The summed E-state index contributed by atoms with van der Waals surface area (Å²) in [6, 6.07) is 19.0. The molecule has 1 aliphatic heterocycles. The number of nitrogens with zero attached hydrogens (tertiary/aromatic N) is 1. The average Bonchev–Trinajstić information content (AvgIpc) is 2.94. The lowest BCUT2D eigenvalue weighted by Gasteiger charge is -2.25. The second-order valence-corrected chi connectivity index (χ2v) is 8.54. The molecule has 0 saturated carbocycles. The first-order valence-electron chi connectivity index (χ1n) is 8.12. The molecule has 1 amide bonds. The average molecular weight is 343 g/mol. The normalized spacial score (nSPS) is 19.1. The molecular weight excluding hydrogens is 322 g/mol. The number of rotatable bonds is 5. The van der Waals surface area contributed by atoms with Crippen LogP contribution in [-0.2, 0) is 16.4 Å². The first kappa shape index (κ1) is 16.7. The molecule has 0 aliphatic carbocycles. The van der Waals surface area contributed by atoms with Crippen LogP contribution in [0.2, 0.25) is 0 Å². The number of carbonyl (C=O) groups is 1. The van der Waals surface area contributed by atoms with Gasteiger partial charge >= 0.3 is 0 Å². The Morgan fingerprint density at radius 1 is 1.00 bits per heavy atom. The van der Waals surface area contributed by atoms with E-state index in [-0.39, 0.29) is 23.3 Å². The third kappa shape index (κ3) is 4.23. The van der Waals surface area contributed by atoms with E-state index in [1.807, 2.05) is 48.5 Å². The highest BCUT2D eigenvalue weighted by atomic mass is 32.2. The summed E-state index contributed by atoms with van der Waals surface area (Å²) in [7, 11) is -2.94. The molecule has 126 valence electrons. The maximum absolute atomic E-state index is 12.9. The van der Waals surface area contributed by atoms with Crippen molar-refractivity contribution in [2.24, 2.45) is 5.92 Å².